The molecule has 0 saturated heterocycles. The second-order valence-corrected chi connectivity index (χ2v) is 6.57. The van der Waals surface area contributed by atoms with Gasteiger partial charge in [0.1, 0.15) is 0 Å². The Balaban J connectivity index is 1.84. The summed E-state index contributed by atoms with van der Waals surface area (Å²) >= 11 is 11.6. The molecule has 0 amide bonds. The molecule has 0 radical (unpaired) electrons. The molecule has 1 heterocycles. The monoisotopic (exact) mass is 350 g/mol. The van der Waals surface area contributed by atoms with Crippen LogP contribution in [-0.4, -0.2) is 9.55 Å². The maximum atomic E-state index is 6.13. The topological polar surface area (TPSA) is 20.7 Å². The Labute approximate surface area is 150 Å². The highest BCUT2D eigenvalue weighted by atomic mass is 35.5. The Hall–Kier alpha value is -2.36. The van der Waals surface area contributed by atoms with E-state index < -0.39 is 0 Å². The van der Waals surface area contributed by atoms with E-state index in [0.717, 1.165) is 38.5 Å². The van der Waals surface area contributed by atoms with Gasteiger partial charge in [0.05, 0.1) is 17.6 Å². The third-order valence-electron chi connectivity index (χ3n) is 4.12. The first-order valence-corrected chi connectivity index (χ1v) is 8.52. The maximum absolute atomic E-state index is 6.13. The number of nitrogens with zero attached hydrogens (tertiary/aromatic N) is 1. The molecule has 0 unspecified atom stereocenters. The van der Waals surface area contributed by atoms with Crippen LogP contribution >= 0.6 is 23.8 Å². The number of H-pyrrole nitrogens is 1. The molecule has 0 aliphatic carbocycles. The van der Waals surface area contributed by atoms with Gasteiger partial charge in [-0.2, -0.15) is 0 Å². The van der Waals surface area contributed by atoms with Crippen molar-refractivity contribution in [3.8, 4) is 11.1 Å². The predicted octanol–water partition coefficient (Wildman–Crippen LogP) is 6.07. The molecule has 0 saturated carbocycles. The Morgan fingerprint density at radius 1 is 0.875 bits per heavy atom. The number of imidazole rings is 1. The average Bonchev–Trinajstić information content (AvgIpc) is 2.91. The number of halogens is 1. The smallest absolute Gasteiger partial charge is 0.178 e. The van der Waals surface area contributed by atoms with Crippen molar-refractivity contribution >= 4 is 34.9 Å². The lowest BCUT2D eigenvalue weighted by atomic mass is 10.1. The SMILES string of the molecule is S=c1[nH]c2ccc(-c3cccc(Cl)c3)cc2n1Cc1ccccc1. The van der Waals surface area contributed by atoms with Crippen LogP contribution in [0, 0.1) is 4.77 Å². The summed E-state index contributed by atoms with van der Waals surface area (Å²) in [7, 11) is 0. The van der Waals surface area contributed by atoms with Crippen LogP contribution in [0.15, 0.2) is 72.8 Å². The van der Waals surface area contributed by atoms with Crippen LogP contribution in [0.1, 0.15) is 5.56 Å². The van der Waals surface area contributed by atoms with Gasteiger partial charge in [0.25, 0.3) is 0 Å². The third kappa shape index (κ3) is 2.88. The normalized spacial score (nSPS) is 11.0. The summed E-state index contributed by atoms with van der Waals surface area (Å²) in [6, 6.07) is 24.6. The summed E-state index contributed by atoms with van der Waals surface area (Å²) in [5, 5.41) is 0.739. The van der Waals surface area contributed by atoms with Gasteiger partial charge < -0.3 is 9.55 Å². The van der Waals surface area contributed by atoms with Gasteiger partial charge in [-0.3, -0.25) is 0 Å². The van der Waals surface area contributed by atoms with Crippen LogP contribution in [0.3, 0.4) is 0 Å². The quantitative estimate of drug-likeness (QED) is 0.445. The zero-order valence-corrected chi connectivity index (χ0v) is 14.4. The number of aromatic nitrogens is 2. The predicted molar refractivity (Wildman–Crippen MR) is 103 cm³/mol. The minimum absolute atomic E-state index is 0.733. The highest BCUT2D eigenvalue weighted by molar-refractivity contribution is 7.71. The molecule has 3 aromatic carbocycles. The van der Waals surface area contributed by atoms with Gasteiger partial charge >= 0.3 is 0 Å². The van der Waals surface area contributed by atoms with E-state index in [4.69, 9.17) is 23.8 Å². The second-order valence-electron chi connectivity index (χ2n) is 5.74. The Bertz CT molecular complexity index is 1060. The Morgan fingerprint density at radius 3 is 2.46 bits per heavy atom. The highest BCUT2D eigenvalue weighted by Gasteiger charge is 2.07. The molecule has 0 aliphatic rings. The van der Waals surface area contributed by atoms with Crippen LogP contribution in [0.5, 0.6) is 0 Å². The maximum Gasteiger partial charge on any atom is 0.178 e. The van der Waals surface area contributed by atoms with Gasteiger partial charge in [-0.15, -0.1) is 0 Å². The zero-order chi connectivity index (χ0) is 16.5. The van der Waals surface area contributed by atoms with Crippen LogP contribution in [0.4, 0.5) is 0 Å². The lowest BCUT2D eigenvalue weighted by molar-refractivity contribution is 0.810. The van der Waals surface area contributed by atoms with Crippen molar-refractivity contribution in [1.29, 1.82) is 0 Å². The van der Waals surface area contributed by atoms with Crippen LogP contribution in [0.2, 0.25) is 5.02 Å². The van der Waals surface area contributed by atoms with E-state index in [2.05, 4.69) is 45.9 Å². The van der Waals surface area contributed by atoms with Gasteiger partial charge in [0.2, 0.25) is 0 Å². The summed E-state index contributed by atoms with van der Waals surface area (Å²) in [4.78, 5) is 3.29. The summed E-state index contributed by atoms with van der Waals surface area (Å²) < 4.78 is 2.87. The van der Waals surface area contributed by atoms with E-state index in [1.807, 2.05) is 36.4 Å². The van der Waals surface area contributed by atoms with E-state index in [9.17, 15) is 0 Å². The number of hydrogen-bond acceptors (Lipinski definition) is 1. The number of aromatic amines is 1. The molecule has 4 heteroatoms. The average molecular weight is 351 g/mol. The fourth-order valence-corrected chi connectivity index (χ4v) is 3.39. The molecule has 0 fully saturated rings. The molecule has 0 spiro atoms. The number of nitrogens with one attached hydrogen (secondary N) is 1. The summed E-state index contributed by atoms with van der Waals surface area (Å²) in [6.45, 7) is 0.749. The molecule has 0 aliphatic heterocycles. The van der Waals surface area contributed by atoms with Crippen molar-refractivity contribution in [3.05, 3.63) is 88.2 Å². The van der Waals surface area contributed by atoms with Crippen molar-refractivity contribution in [2.45, 2.75) is 6.54 Å². The zero-order valence-electron chi connectivity index (χ0n) is 12.9. The molecule has 24 heavy (non-hydrogen) atoms. The first-order chi connectivity index (χ1) is 11.7. The molecule has 1 N–H and O–H groups in total. The Kier molecular flexibility index (Phi) is 3.97. The van der Waals surface area contributed by atoms with Gasteiger partial charge in [0.15, 0.2) is 4.77 Å². The summed E-state index contributed by atoms with van der Waals surface area (Å²) in [6.07, 6.45) is 0. The molecular weight excluding hydrogens is 336 g/mol. The van der Waals surface area contributed by atoms with Crippen molar-refractivity contribution in [2.24, 2.45) is 0 Å². The Morgan fingerprint density at radius 2 is 1.67 bits per heavy atom. The van der Waals surface area contributed by atoms with Gasteiger partial charge in [-0.25, -0.2) is 0 Å². The highest BCUT2D eigenvalue weighted by Crippen LogP contribution is 2.26. The largest absolute Gasteiger partial charge is 0.331 e. The van der Waals surface area contributed by atoms with Crippen molar-refractivity contribution in [2.75, 3.05) is 0 Å². The van der Waals surface area contributed by atoms with E-state index >= 15 is 0 Å². The number of fused-ring (bicyclic) bond motifs is 1. The van der Waals surface area contributed by atoms with Gasteiger partial charge in [0, 0.05) is 5.02 Å². The van der Waals surface area contributed by atoms with Crippen molar-refractivity contribution in [1.82, 2.24) is 9.55 Å². The van der Waals surface area contributed by atoms with Gasteiger partial charge in [-0.1, -0.05) is 60.1 Å². The second kappa shape index (κ2) is 6.27. The molecule has 118 valence electrons. The molecule has 1 aromatic heterocycles. The lowest BCUT2D eigenvalue weighted by Gasteiger charge is -2.07. The van der Waals surface area contributed by atoms with Gasteiger partial charge in [-0.05, 0) is 53.2 Å². The third-order valence-corrected chi connectivity index (χ3v) is 4.67. The van der Waals surface area contributed by atoms with E-state index in [1.165, 1.54) is 5.56 Å². The molecular formula is C20H15ClN2S. The van der Waals surface area contributed by atoms with Crippen molar-refractivity contribution in [3.63, 3.8) is 0 Å². The standard InChI is InChI=1S/C20H15ClN2S/c21-17-8-4-7-15(11-17)16-9-10-18-19(12-16)23(20(24)22-18)13-14-5-2-1-3-6-14/h1-12H,13H2,(H,22,24). The fourth-order valence-electron chi connectivity index (χ4n) is 2.92. The fraction of sp³-hybridized carbons (Fsp3) is 0.0500. The number of benzene rings is 3. The van der Waals surface area contributed by atoms with Crippen LogP contribution in [-0.2, 0) is 6.54 Å². The molecule has 0 bridgehead atoms. The van der Waals surface area contributed by atoms with Crippen molar-refractivity contribution < 1.29 is 0 Å². The van der Waals surface area contributed by atoms with E-state index in [-0.39, 0.29) is 0 Å². The molecule has 0 atom stereocenters. The lowest BCUT2D eigenvalue weighted by Crippen LogP contribution is -1.99. The first kappa shape index (κ1) is 15.2. The first-order valence-electron chi connectivity index (χ1n) is 7.73. The number of rotatable bonds is 3. The minimum atomic E-state index is 0.733. The van der Waals surface area contributed by atoms with Crippen LogP contribution < -0.4 is 0 Å². The molecule has 4 rings (SSSR count). The van der Waals surface area contributed by atoms with E-state index in [1.54, 1.807) is 0 Å². The number of hydrogen-bond donors (Lipinski definition) is 1. The van der Waals surface area contributed by atoms with E-state index in [0.29, 0.717) is 0 Å². The van der Waals surface area contributed by atoms with Crippen LogP contribution in [0.25, 0.3) is 22.2 Å². The minimum Gasteiger partial charge on any atom is -0.331 e. The molecule has 2 nitrogen and oxygen atoms in total. The summed E-state index contributed by atoms with van der Waals surface area (Å²) in [5.74, 6) is 0. The molecule has 4 aromatic rings. The summed E-state index contributed by atoms with van der Waals surface area (Å²) in [5.41, 5.74) is 5.59.